The number of aromatic nitrogens is 1. The standard InChI is InChI=1S/C24H23N3O3/c1-17-16-19(18(2)27(17)20-8-4-3-5-9-20)12-13-23(28)25-21-10-6-7-11-22(21)26-14-15-30-24(26)29/h3-13,16H,14-15H2,1-2H3,(H,25,28)/b13-12+. The molecule has 1 saturated heterocycles. The van der Waals surface area contributed by atoms with Gasteiger partial charge >= 0.3 is 6.09 Å². The number of ether oxygens (including phenoxy) is 1. The van der Waals surface area contributed by atoms with Crippen LogP contribution in [0.15, 0.2) is 66.7 Å². The van der Waals surface area contributed by atoms with E-state index in [9.17, 15) is 9.59 Å². The van der Waals surface area contributed by atoms with Crippen LogP contribution >= 0.6 is 0 Å². The Morgan fingerprint density at radius 3 is 2.53 bits per heavy atom. The molecule has 0 saturated carbocycles. The Morgan fingerprint density at radius 1 is 1.07 bits per heavy atom. The molecule has 0 atom stereocenters. The Kier molecular flexibility index (Phi) is 5.39. The van der Waals surface area contributed by atoms with E-state index < -0.39 is 6.09 Å². The average Bonchev–Trinajstić information content (AvgIpc) is 3.29. The average molecular weight is 401 g/mol. The van der Waals surface area contributed by atoms with Gasteiger partial charge in [0, 0.05) is 23.2 Å². The molecule has 0 spiro atoms. The van der Waals surface area contributed by atoms with E-state index in [4.69, 9.17) is 4.74 Å². The molecule has 1 aromatic heterocycles. The highest BCUT2D eigenvalue weighted by molar-refractivity contribution is 6.05. The first-order chi connectivity index (χ1) is 14.5. The van der Waals surface area contributed by atoms with Crippen molar-refractivity contribution in [2.75, 3.05) is 23.4 Å². The lowest BCUT2D eigenvalue weighted by molar-refractivity contribution is -0.111. The Labute approximate surface area is 175 Å². The van der Waals surface area contributed by atoms with Crippen LogP contribution in [0.1, 0.15) is 17.0 Å². The largest absolute Gasteiger partial charge is 0.447 e. The SMILES string of the molecule is Cc1cc(/C=C/C(=O)Nc2ccccc2N2CCOC2=O)c(C)n1-c1ccccc1. The van der Waals surface area contributed by atoms with Crippen LogP contribution < -0.4 is 10.2 Å². The quantitative estimate of drug-likeness (QED) is 0.630. The molecule has 1 aliphatic rings. The number of carbonyl (C=O) groups excluding carboxylic acids is 2. The Bertz CT molecular complexity index is 1120. The van der Waals surface area contributed by atoms with Crippen LogP contribution in [-0.2, 0) is 9.53 Å². The molecule has 2 aromatic carbocycles. The monoisotopic (exact) mass is 401 g/mol. The topological polar surface area (TPSA) is 63.6 Å². The number of amides is 2. The molecule has 6 heteroatoms. The van der Waals surface area contributed by atoms with Crippen molar-refractivity contribution >= 4 is 29.5 Å². The third kappa shape index (κ3) is 3.85. The summed E-state index contributed by atoms with van der Waals surface area (Å²) in [6.07, 6.45) is 2.92. The highest BCUT2D eigenvalue weighted by Crippen LogP contribution is 2.28. The highest BCUT2D eigenvalue weighted by Gasteiger charge is 2.25. The molecule has 1 N–H and O–H groups in total. The summed E-state index contributed by atoms with van der Waals surface area (Å²) in [5.74, 6) is -0.264. The molecule has 4 rings (SSSR count). The molecule has 152 valence electrons. The normalized spacial score (nSPS) is 13.7. The van der Waals surface area contributed by atoms with Crippen molar-refractivity contribution in [2.45, 2.75) is 13.8 Å². The minimum absolute atomic E-state index is 0.264. The summed E-state index contributed by atoms with van der Waals surface area (Å²) in [5.41, 5.74) is 5.41. The minimum atomic E-state index is -0.402. The van der Waals surface area contributed by atoms with E-state index in [0.717, 1.165) is 22.6 Å². The van der Waals surface area contributed by atoms with E-state index in [1.54, 1.807) is 12.1 Å². The Morgan fingerprint density at radius 2 is 1.80 bits per heavy atom. The fourth-order valence-corrected chi connectivity index (χ4v) is 3.70. The summed E-state index contributed by atoms with van der Waals surface area (Å²) in [5, 5.41) is 2.87. The number of benzene rings is 2. The van der Waals surface area contributed by atoms with E-state index >= 15 is 0 Å². The van der Waals surface area contributed by atoms with Gasteiger partial charge in [0.25, 0.3) is 0 Å². The number of aryl methyl sites for hydroxylation is 1. The molecule has 0 aliphatic carbocycles. The first-order valence-corrected chi connectivity index (χ1v) is 9.81. The maximum atomic E-state index is 12.6. The predicted octanol–water partition coefficient (Wildman–Crippen LogP) is 4.70. The number of carbonyl (C=O) groups is 2. The number of nitrogens with zero attached hydrogens (tertiary/aromatic N) is 2. The zero-order valence-corrected chi connectivity index (χ0v) is 17.0. The van der Waals surface area contributed by atoms with Crippen LogP contribution in [0.25, 0.3) is 11.8 Å². The molecule has 2 heterocycles. The van der Waals surface area contributed by atoms with Crippen LogP contribution in [0, 0.1) is 13.8 Å². The maximum absolute atomic E-state index is 12.6. The van der Waals surface area contributed by atoms with Gasteiger partial charge in [0.1, 0.15) is 6.61 Å². The van der Waals surface area contributed by atoms with Crippen molar-refractivity contribution in [1.82, 2.24) is 4.57 Å². The van der Waals surface area contributed by atoms with Crippen LogP contribution in [-0.4, -0.2) is 29.7 Å². The molecule has 6 nitrogen and oxygen atoms in total. The van der Waals surface area contributed by atoms with E-state index in [2.05, 4.69) is 28.1 Å². The highest BCUT2D eigenvalue weighted by atomic mass is 16.6. The zero-order chi connectivity index (χ0) is 21.1. The van der Waals surface area contributed by atoms with Gasteiger partial charge in [-0.2, -0.15) is 0 Å². The van der Waals surface area contributed by atoms with Gasteiger partial charge in [0.2, 0.25) is 5.91 Å². The van der Waals surface area contributed by atoms with Crippen molar-refractivity contribution in [3.8, 4) is 5.69 Å². The van der Waals surface area contributed by atoms with Crippen molar-refractivity contribution in [2.24, 2.45) is 0 Å². The van der Waals surface area contributed by atoms with E-state index in [0.29, 0.717) is 24.5 Å². The molecule has 1 aliphatic heterocycles. The summed E-state index contributed by atoms with van der Waals surface area (Å²) in [6, 6.07) is 19.4. The van der Waals surface area contributed by atoms with Gasteiger partial charge in [-0.25, -0.2) is 4.79 Å². The number of hydrogen-bond acceptors (Lipinski definition) is 3. The molecule has 2 amide bonds. The molecule has 1 fully saturated rings. The molecule has 30 heavy (non-hydrogen) atoms. The number of cyclic esters (lactones) is 1. The van der Waals surface area contributed by atoms with Crippen molar-refractivity contribution in [1.29, 1.82) is 0 Å². The number of rotatable bonds is 5. The zero-order valence-electron chi connectivity index (χ0n) is 17.0. The molecule has 0 bridgehead atoms. The number of anilines is 2. The first-order valence-electron chi connectivity index (χ1n) is 9.81. The van der Waals surface area contributed by atoms with Gasteiger partial charge in [-0.1, -0.05) is 30.3 Å². The van der Waals surface area contributed by atoms with Crippen molar-refractivity contribution in [3.05, 3.63) is 83.7 Å². The predicted molar refractivity (Wildman–Crippen MR) is 118 cm³/mol. The number of para-hydroxylation sites is 3. The minimum Gasteiger partial charge on any atom is -0.447 e. The van der Waals surface area contributed by atoms with Crippen molar-refractivity contribution in [3.63, 3.8) is 0 Å². The molecule has 0 unspecified atom stereocenters. The summed E-state index contributed by atoms with van der Waals surface area (Å²) < 4.78 is 7.16. The third-order valence-electron chi connectivity index (χ3n) is 5.11. The van der Waals surface area contributed by atoms with Gasteiger partial charge < -0.3 is 14.6 Å². The second-order valence-corrected chi connectivity index (χ2v) is 7.10. The molecular weight excluding hydrogens is 378 g/mol. The lowest BCUT2D eigenvalue weighted by atomic mass is 10.2. The second-order valence-electron chi connectivity index (χ2n) is 7.10. The lowest BCUT2D eigenvalue weighted by Gasteiger charge is -2.17. The van der Waals surface area contributed by atoms with E-state index in [1.807, 2.05) is 50.3 Å². The second kappa shape index (κ2) is 8.29. The van der Waals surface area contributed by atoms with Crippen LogP contribution in [0.2, 0.25) is 0 Å². The molecule has 3 aromatic rings. The van der Waals surface area contributed by atoms with Crippen LogP contribution in [0.5, 0.6) is 0 Å². The van der Waals surface area contributed by atoms with Gasteiger partial charge in [0.05, 0.1) is 17.9 Å². The summed E-state index contributed by atoms with van der Waals surface area (Å²) >= 11 is 0. The van der Waals surface area contributed by atoms with Gasteiger partial charge in [-0.3, -0.25) is 9.69 Å². The number of nitrogens with one attached hydrogen (secondary N) is 1. The smallest absolute Gasteiger partial charge is 0.414 e. The van der Waals surface area contributed by atoms with E-state index in [-0.39, 0.29) is 5.91 Å². The maximum Gasteiger partial charge on any atom is 0.414 e. The Balaban J connectivity index is 1.53. The lowest BCUT2D eigenvalue weighted by Crippen LogP contribution is -2.25. The molecular formula is C24H23N3O3. The van der Waals surface area contributed by atoms with Crippen LogP contribution in [0.4, 0.5) is 16.2 Å². The first kappa shape index (κ1) is 19.5. The van der Waals surface area contributed by atoms with Crippen LogP contribution in [0.3, 0.4) is 0 Å². The Hall–Kier alpha value is -3.80. The van der Waals surface area contributed by atoms with Gasteiger partial charge in [-0.15, -0.1) is 0 Å². The number of hydrogen-bond donors (Lipinski definition) is 1. The fourth-order valence-electron chi connectivity index (χ4n) is 3.70. The summed E-state index contributed by atoms with van der Waals surface area (Å²) in [7, 11) is 0. The van der Waals surface area contributed by atoms with Gasteiger partial charge in [0.15, 0.2) is 0 Å². The van der Waals surface area contributed by atoms with Gasteiger partial charge in [-0.05, 0) is 55.8 Å². The molecule has 0 radical (unpaired) electrons. The fraction of sp³-hybridized carbons (Fsp3) is 0.167. The summed E-state index contributed by atoms with van der Waals surface area (Å²) in [4.78, 5) is 26.0. The third-order valence-corrected chi connectivity index (χ3v) is 5.11. The van der Waals surface area contributed by atoms with E-state index in [1.165, 1.54) is 11.0 Å². The van der Waals surface area contributed by atoms with Crippen molar-refractivity contribution < 1.29 is 14.3 Å². The summed E-state index contributed by atoms with van der Waals surface area (Å²) in [6.45, 7) is 4.89.